The summed E-state index contributed by atoms with van der Waals surface area (Å²) in [5.41, 5.74) is 21.2. The van der Waals surface area contributed by atoms with Crippen molar-refractivity contribution >= 4 is 68.2 Å². The topological polar surface area (TPSA) is 13.0 Å². The van der Waals surface area contributed by atoms with E-state index in [0.717, 1.165) is 68.2 Å². The second kappa shape index (κ2) is 20.9. The molecule has 0 saturated heterocycles. The van der Waals surface area contributed by atoms with Gasteiger partial charge >= 0.3 is 0 Å². The summed E-state index contributed by atoms with van der Waals surface area (Å²) in [6.45, 7) is 2.21. The fraction of sp³-hybridized carbons (Fsp3) is 0.0270. The normalized spacial score (nSPS) is 12.0. The molecule has 4 nitrogen and oxygen atoms in total. The van der Waals surface area contributed by atoms with Crippen LogP contribution in [0.3, 0.4) is 0 Å². The molecule has 0 heterocycles. The predicted molar refractivity (Wildman–Crippen MR) is 327 cm³/mol. The lowest BCUT2D eigenvalue weighted by Crippen LogP contribution is -2.29. The number of aryl methyl sites for hydroxylation is 1. The number of anilines is 12. The van der Waals surface area contributed by atoms with Crippen molar-refractivity contribution in [2.45, 2.75) is 12.3 Å². The second-order valence-corrected chi connectivity index (χ2v) is 19.8. The Morgan fingerprint density at radius 2 is 0.436 bits per heavy atom. The minimum absolute atomic E-state index is 0.607. The molecule has 372 valence electrons. The molecule has 12 aromatic rings. The van der Waals surface area contributed by atoms with Gasteiger partial charge in [0.2, 0.25) is 0 Å². The summed E-state index contributed by atoms with van der Waals surface area (Å²) in [5, 5.41) is 0. The van der Waals surface area contributed by atoms with E-state index in [9.17, 15) is 0 Å². The Balaban J connectivity index is 0.903. The number of benzene rings is 12. The van der Waals surface area contributed by atoms with Gasteiger partial charge in [-0.15, -0.1) is 0 Å². The van der Waals surface area contributed by atoms with Gasteiger partial charge < -0.3 is 19.6 Å². The summed E-state index contributed by atoms with van der Waals surface area (Å²) >= 11 is 0. The molecule has 0 unspecified atom stereocenters. The predicted octanol–water partition coefficient (Wildman–Crippen LogP) is 20.2. The highest BCUT2D eigenvalue weighted by Gasteiger charge is 2.46. The number of rotatable bonds is 14. The van der Waals surface area contributed by atoms with E-state index in [1.807, 2.05) is 0 Å². The molecule has 0 saturated carbocycles. The molecule has 0 N–H and O–H groups in total. The standard InChI is InChI=1S/C74H56N4/c1-55-36-53-71-70-34-20-21-35-72(70)74(73(71)54-55,56-37-41-64(42-38-56)77(62-30-16-6-17-31-62)68-49-45-66(46-50-68)75(58-22-8-2-9-23-58)59-24-10-3-11-25-59)57-39-43-65(44-40-57)78(63-32-18-7-19-33-63)69-51-47-67(48-52-69)76(60-26-12-4-13-27-60)61-28-14-5-15-29-61/h2-54H,1H3. The molecule has 13 rings (SSSR count). The minimum atomic E-state index is -0.607. The van der Waals surface area contributed by atoms with E-state index >= 15 is 0 Å². The summed E-state index contributed by atoms with van der Waals surface area (Å²) < 4.78 is 0. The van der Waals surface area contributed by atoms with Crippen LogP contribution < -0.4 is 19.6 Å². The molecule has 0 aliphatic heterocycles. The zero-order valence-corrected chi connectivity index (χ0v) is 43.4. The smallest absolute Gasteiger partial charge is 0.0713 e. The molecular weight excluding hydrogens is 945 g/mol. The molecule has 0 aromatic heterocycles. The average Bonchev–Trinajstić information content (AvgIpc) is 4.04. The van der Waals surface area contributed by atoms with Crippen molar-refractivity contribution < 1.29 is 0 Å². The van der Waals surface area contributed by atoms with Crippen molar-refractivity contribution in [2.24, 2.45) is 0 Å². The van der Waals surface area contributed by atoms with E-state index in [0.29, 0.717) is 0 Å². The zero-order chi connectivity index (χ0) is 52.3. The van der Waals surface area contributed by atoms with Crippen LogP contribution in [0.2, 0.25) is 0 Å². The van der Waals surface area contributed by atoms with Crippen LogP contribution in [-0.4, -0.2) is 0 Å². The number of hydrogen-bond acceptors (Lipinski definition) is 4. The molecule has 0 spiro atoms. The van der Waals surface area contributed by atoms with Gasteiger partial charge in [0, 0.05) is 68.2 Å². The molecule has 0 atom stereocenters. The third-order valence-electron chi connectivity index (χ3n) is 15.1. The summed E-state index contributed by atoms with van der Waals surface area (Å²) in [6.07, 6.45) is 0. The van der Waals surface area contributed by atoms with E-state index in [1.165, 1.54) is 38.9 Å². The van der Waals surface area contributed by atoms with Crippen LogP contribution in [0.5, 0.6) is 0 Å². The van der Waals surface area contributed by atoms with Crippen LogP contribution in [0.4, 0.5) is 68.2 Å². The SMILES string of the molecule is Cc1ccc2c(c1)C(c1ccc(N(c3ccccc3)c3ccc(N(c4ccccc4)c4ccccc4)cc3)cc1)(c1ccc(N(c3ccccc3)c3ccc(N(c4ccccc4)c4ccccc4)cc3)cc1)c1ccccc1-2. The number of hydrogen-bond donors (Lipinski definition) is 0. The summed E-state index contributed by atoms with van der Waals surface area (Å²) in [6, 6.07) is 116. The molecule has 0 radical (unpaired) electrons. The maximum atomic E-state index is 2.41. The highest BCUT2D eigenvalue weighted by atomic mass is 15.2. The molecule has 4 heteroatoms. The van der Waals surface area contributed by atoms with E-state index in [1.54, 1.807) is 0 Å². The fourth-order valence-electron chi connectivity index (χ4n) is 11.7. The Bertz CT molecular complexity index is 3640. The van der Waals surface area contributed by atoms with Gasteiger partial charge in [-0.05, 0) is 186 Å². The van der Waals surface area contributed by atoms with Gasteiger partial charge in [0.1, 0.15) is 0 Å². The Labute approximate surface area is 458 Å². The Morgan fingerprint density at radius 1 is 0.205 bits per heavy atom. The monoisotopic (exact) mass is 1000 g/mol. The first-order valence-electron chi connectivity index (χ1n) is 26.7. The Morgan fingerprint density at radius 3 is 0.731 bits per heavy atom. The highest BCUT2D eigenvalue weighted by molar-refractivity contribution is 5.89. The van der Waals surface area contributed by atoms with Gasteiger partial charge in [0.15, 0.2) is 0 Å². The molecule has 1 aliphatic carbocycles. The van der Waals surface area contributed by atoms with Crippen molar-refractivity contribution in [1.82, 2.24) is 0 Å². The van der Waals surface area contributed by atoms with Gasteiger partial charge in [-0.3, -0.25) is 0 Å². The van der Waals surface area contributed by atoms with E-state index in [2.05, 4.69) is 348 Å². The lowest BCUT2D eigenvalue weighted by Gasteiger charge is -2.35. The van der Waals surface area contributed by atoms with Crippen LogP contribution in [0.25, 0.3) is 11.1 Å². The largest absolute Gasteiger partial charge is 0.311 e. The first kappa shape index (κ1) is 47.5. The first-order valence-corrected chi connectivity index (χ1v) is 26.7. The fourth-order valence-corrected chi connectivity index (χ4v) is 11.7. The van der Waals surface area contributed by atoms with Gasteiger partial charge in [-0.1, -0.05) is 181 Å². The quantitative estimate of drug-likeness (QED) is 0.108. The zero-order valence-electron chi connectivity index (χ0n) is 43.4. The van der Waals surface area contributed by atoms with Crippen LogP contribution >= 0.6 is 0 Å². The van der Waals surface area contributed by atoms with Crippen molar-refractivity contribution in [2.75, 3.05) is 19.6 Å². The third kappa shape index (κ3) is 8.75. The Kier molecular flexibility index (Phi) is 12.7. The van der Waals surface area contributed by atoms with Gasteiger partial charge in [0.05, 0.1) is 5.41 Å². The van der Waals surface area contributed by atoms with Crippen molar-refractivity contribution in [3.8, 4) is 11.1 Å². The molecule has 1 aliphatic rings. The molecule has 12 aromatic carbocycles. The maximum absolute atomic E-state index is 2.41. The summed E-state index contributed by atoms with van der Waals surface area (Å²) in [5.74, 6) is 0. The van der Waals surface area contributed by atoms with Gasteiger partial charge in [0.25, 0.3) is 0 Å². The number of para-hydroxylation sites is 6. The van der Waals surface area contributed by atoms with Crippen LogP contribution in [0.15, 0.2) is 322 Å². The highest BCUT2D eigenvalue weighted by Crippen LogP contribution is 2.57. The number of fused-ring (bicyclic) bond motifs is 3. The van der Waals surface area contributed by atoms with Crippen LogP contribution in [-0.2, 0) is 5.41 Å². The van der Waals surface area contributed by atoms with E-state index in [-0.39, 0.29) is 0 Å². The first-order chi connectivity index (χ1) is 38.6. The van der Waals surface area contributed by atoms with Crippen molar-refractivity contribution in [3.63, 3.8) is 0 Å². The van der Waals surface area contributed by atoms with Crippen LogP contribution in [0, 0.1) is 6.92 Å². The second-order valence-electron chi connectivity index (χ2n) is 19.8. The maximum Gasteiger partial charge on any atom is 0.0713 e. The van der Waals surface area contributed by atoms with Crippen molar-refractivity contribution in [3.05, 3.63) is 349 Å². The minimum Gasteiger partial charge on any atom is -0.311 e. The number of nitrogens with zero attached hydrogens (tertiary/aromatic N) is 4. The summed E-state index contributed by atoms with van der Waals surface area (Å²) in [4.78, 5) is 9.33. The van der Waals surface area contributed by atoms with E-state index in [4.69, 9.17) is 0 Å². The Hall–Kier alpha value is -10.2. The van der Waals surface area contributed by atoms with Gasteiger partial charge in [-0.2, -0.15) is 0 Å². The molecule has 0 fully saturated rings. The van der Waals surface area contributed by atoms with Crippen LogP contribution in [0.1, 0.15) is 27.8 Å². The van der Waals surface area contributed by atoms with Gasteiger partial charge in [-0.25, -0.2) is 0 Å². The third-order valence-corrected chi connectivity index (χ3v) is 15.1. The molecular formula is C74H56N4. The lowest BCUT2D eigenvalue weighted by molar-refractivity contribution is 0.767. The van der Waals surface area contributed by atoms with E-state index < -0.39 is 5.41 Å². The van der Waals surface area contributed by atoms with Crippen molar-refractivity contribution in [1.29, 1.82) is 0 Å². The molecule has 0 bridgehead atoms. The molecule has 78 heavy (non-hydrogen) atoms. The molecule has 0 amide bonds. The lowest BCUT2D eigenvalue weighted by atomic mass is 9.67. The average molecular weight is 1000 g/mol. The summed E-state index contributed by atoms with van der Waals surface area (Å²) in [7, 11) is 0.